The summed E-state index contributed by atoms with van der Waals surface area (Å²) in [5, 5.41) is 1.86. The molecule has 140 valence electrons. The largest absolute Gasteiger partial charge is 0.465 e. The molecule has 1 saturated carbocycles. The lowest BCUT2D eigenvalue weighted by Crippen LogP contribution is -2.53. The fourth-order valence-corrected chi connectivity index (χ4v) is 5.06. The normalized spacial score (nSPS) is 16.7. The number of carbonyl (C=O) groups excluding carboxylic acids is 1. The van der Waals surface area contributed by atoms with E-state index < -0.39 is 21.5 Å². The molecule has 1 N–H and O–H groups in total. The molecule has 8 heteroatoms. The fraction of sp³-hybridized carbons (Fsp3) is 0.444. The molecule has 0 unspecified atom stereocenters. The standard InChI is InChI=1S/C18H21ClN2O4S/c1-3-25-17(22)18(8-4-5-9-18)21-26(23,24)13-6-7-14-15(10-13)12(2)20-11-16(14)19/h6-7,10-11,21H,3-5,8-9H2,1-2H3. The Morgan fingerprint density at radius 1 is 1.31 bits per heavy atom. The number of sulfonamides is 1. The quantitative estimate of drug-likeness (QED) is 0.783. The van der Waals surface area contributed by atoms with Crippen LogP contribution in [0, 0.1) is 6.92 Å². The smallest absolute Gasteiger partial charge is 0.327 e. The zero-order valence-corrected chi connectivity index (χ0v) is 16.3. The molecule has 6 nitrogen and oxygen atoms in total. The first-order valence-corrected chi connectivity index (χ1v) is 10.4. The van der Waals surface area contributed by atoms with Gasteiger partial charge in [0.1, 0.15) is 5.54 Å². The molecule has 1 aliphatic rings. The molecule has 1 fully saturated rings. The van der Waals surface area contributed by atoms with Gasteiger partial charge in [-0.25, -0.2) is 8.42 Å². The Kier molecular flexibility index (Phi) is 5.23. The van der Waals surface area contributed by atoms with Crippen molar-refractivity contribution >= 4 is 38.4 Å². The molecule has 26 heavy (non-hydrogen) atoms. The van der Waals surface area contributed by atoms with Gasteiger partial charge in [-0.1, -0.05) is 30.5 Å². The Morgan fingerprint density at radius 3 is 2.65 bits per heavy atom. The molecule has 0 aliphatic heterocycles. The third-order valence-electron chi connectivity index (χ3n) is 4.77. The molecule has 1 aromatic carbocycles. The number of nitrogens with one attached hydrogen (secondary N) is 1. The first-order valence-electron chi connectivity index (χ1n) is 8.55. The maximum Gasteiger partial charge on any atom is 0.327 e. The Labute approximate surface area is 158 Å². The van der Waals surface area contributed by atoms with Crippen molar-refractivity contribution in [1.29, 1.82) is 0 Å². The van der Waals surface area contributed by atoms with Crippen molar-refractivity contribution in [1.82, 2.24) is 9.71 Å². The van der Waals surface area contributed by atoms with E-state index >= 15 is 0 Å². The number of rotatable bonds is 5. The van der Waals surface area contributed by atoms with Gasteiger partial charge in [0, 0.05) is 22.7 Å². The van der Waals surface area contributed by atoms with Crippen LogP contribution in [0.2, 0.25) is 5.02 Å². The van der Waals surface area contributed by atoms with E-state index in [-0.39, 0.29) is 11.5 Å². The summed E-state index contributed by atoms with van der Waals surface area (Å²) in [5.41, 5.74) is -0.506. The van der Waals surface area contributed by atoms with E-state index in [9.17, 15) is 13.2 Å². The number of carbonyl (C=O) groups is 1. The lowest BCUT2D eigenvalue weighted by Gasteiger charge is -2.27. The minimum absolute atomic E-state index is 0.0766. The first kappa shape index (κ1) is 19.1. The first-order chi connectivity index (χ1) is 12.3. The van der Waals surface area contributed by atoms with Gasteiger partial charge in [0.05, 0.1) is 16.5 Å². The van der Waals surface area contributed by atoms with Gasteiger partial charge in [0.15, 0.2) is 0 Å². The number of ether oxygens (including phenoxy) is 1. The lowest BCUT2D eigenvalue weighted by molar-refractivity contribution is -0.150. The van der Waals surface area contributed by atoms with Crippen molar-refractivity contribution in [2.24, 2.45) is 0 Å². The predicted molar refractivity (Wildman–Crippen MR) is 99.6 cm³/mol. The summed E-state index contributed by atoms with van der Waals surface area (Å²) in [5.74, 6) is -0.511. The lowest BCUT2D eigenvalue weighted by atomic mass is 10.00. The number of aromatic nitrogens is 1. The van der Waals surface area contributed by atoms with E-state index in [4.69, 9.17) is 16.3 Å². The van der Waals surface area contributed by atoms with Gasteiger partial charge in [-0.2, -0.15) is 4.72 Å². The number of benzene rings is 1. The van der Waals surface area contributed by atoms with Crippen LogP contribution in [0.5, 0.6) is 0 Å². The topological polar surface area (TPSA) is 85.4 Å². The minimum Gasteiger partial charge on any atom is -0.465 e. The van der Waals surface area contributed by atoms with E-state index in [0.717, 1.165) is 18.2 Å². The highest BCUT2D eigenvalue weighted by atomic mass is 35.5. The van der Waals surface area contributed by atoms with Gasteiger partial charge in [0.25, 0.3) is 0 Å². The molecule has 0 saturated heterocycles. The molecule has 2 aromatic rings. The van der Waals surface area contributed by atoms with Crippen LogP contribution in [-0.2, 0) is 19.6 Å². The number of aryl methyl sites for hydroxylation is 1. The van der Waals surface area contributed by atoms with Crippen LogP contribution in [0.3, 0.4) is 0 Å². The second kappa shape index (κ2) is 7.13. The molecule has 0 atom stereocenters. The van der Waals surface area contributed by atoms with Crippen molar-refractivity contribution < 1.29 is 17.9 Å². The number of nitrogens with zero attached hydrogens (tertiary/aromatic N) is 1. The SMILES string of the molecule is CCOC(=O)C1(NS(=O)(=O)c2ccc3c(Cl)cnc(C)c3c2)CCCC1. The van der Waals surface area contributed by atoms with Gasteiger partial charge in [-0.3, -0.25) is 9.78 Å². The highest BCUT2D eigenvalue weighted by Gasteiger charge is 2.45. The fourth-order valence-electron chi connectivity index (χ4n) is 3.40. The van der Waals surface area contributed by atoms with Crippen LogP contribution in [0.25, 0.3) is 10.8 Å². The van der Waals surface area contributed by atoms with Crippen molar-refractivity contribution in [2.75, 3.05) is 6.61 Å². The number of fused-ring (bicyclic) bond motifs is 1. The van der Waals surface area contributed by atoms with Gasteiger partial charge in [-0.05, 0) is 38.8 Å². The highest BCUT2D eigenvalue weighted by Crippen LogP contribution is 2.33. The summed E-state index contributed by atoms with van der Waals surface area (Å²) in [6.45, 7) is 3.71. The zero-order valence-electron chi connectivity index (χ0n) is 14.7. The summed E-state index contributed by atoms with van der Waals surface area (Å²) in [4.78, 5) is 16.7. The molecule has 0 bridgehead atoms. The molecule has 3 rings (SSSR count). The van der Waals surface area contributed by atoms with E-state index in [0.29, 0.717) is 28.9 Å². The van der Waals surface area contributed by atoms with Crippen molar-refractivity contribution in [3.63, 3.8) is 0 Å². The molecule has 1 heterocycles. The van der Waals surface area contributed by atoms with Crippen LogP contribution >= 0.6 is 11.6 Å². The summed E-state index contributed by atoms with van der Waals surface area (Å²) in [6.07, 6.45) is 3.96. The number of pyridine rings is 1. The van der Waals surface area contributed by atoms with Gasteiger partial charge >= 0.3 is 5.97 Å². The highest BCUT2D eigenvalue weighted by molar-refractivity contribution is 7.89. The van der Waals surface area contributed by atoms with E-state index in [1.807, 2.05) is 0 Å². The summed E-state index contributed by atoms with van der Waals surface area (Å²) < 4.78 is 33.7. The van der Waals surface area contributed by atoms with E-state index in [1.54, 1.807) is 32.2 Å². The average molecular weight is 397 g/mol. The third-order valence-corrected chi connectivity index (χ3v) is 6.61. The molecule has 1 aliphatic carbocycles. The Morgan fingerprint density at radius 2 is 2.00 bits per heavy atom. The zero-order chi connectivity index (χ0) is 18.9. The monoisotopic (exact) mass is 396 g/mol. The molecular weight excluding hydrogens is 376 g/mol. The van der Waals surface area contributed by atoms with Crippen molar-refractivity contribution in [3.8, 4) is 0 Å². The van der Waals surface area contributed by atoms with E-state index in [2.05, 4.69) is 9.71 Å². The predicted octanol–water partition coefficient (Wildman–Crippen LogP) is 3.35. The number of esters is 1. The van der Waals surface area contributed by atoms with Crippen LogP contribution in [-0.4, -0.2) is 31.5 Å². The van der Waals surface area contributed by atoms with Crippen LogP contribution < -0.4 is 4.72 Å². The summed E-state index contributed by atoms with van der Waals surface area (Å²) in [6, 6.07) is 4.69. The second-order valence-electron chi connectivity index (χ2n) is 6.51. The van der Waals surface area contributed by atoms with Gasteiger partial charge < -0.3 is 4.74 Å². The summed E-state index contributed by atoms with van der Waals surface area (Å²) >= 11 is 6.14. The van der Waals surface area contributed by atoms with Crippen LogP contribution in [0.1, 0.15) is 38.3 Å². The van der Waals surface area contributed by atoms with E-state index in [1.165, 1.54) is 6.07 Å². The Bertz CT molecular complexity index is 953. The number of hydrogen-bond donors (Lipinski definition) is 1. The Hall–Kier alpha value is -1.70. The molecule has 0 amide bonds. The Balaban J connectivity index is 2.01. The van der Waals surface area contributed by atoms with Gasteiger partial charge in [-0.15, -0.1) is 0 Å². The molecule has 0 radical (unpaired) electrons. The van der Waals surface area contributed by atoms with Crippen molar-refractivity contribution in [3.05, 3.63) is 35.1 Å². The second-order valence-corrected chi connectivity index (χ2v) is 8.60. The minimum atomic E-state index is -3.91. The maximum atomic E-state index is 13.0. The third kappa shape index (κ3) is 3.43. The molecular formula is C18H21ClN2O4S. The number of halogens is 1. The van der Waals surface area contributed by atoms with Crippen LogP contribution in [0.15, 0.2) is 29.3 Å². The van der Waals surface area contributed by atoms with Crippen molar-refractivity contribution in [2.45, 2.75) is 50.0 Å². The van der Waals surface area contributed by atoms with Gasteiger partial charge in [0.2, 0.25) is 10.0 Å². The average Bonchev–Trinajstić information content (AvgIpc) is 3.07. The summed E-state index contributed by atoms with van der Waals surface area (Å²) in [7, 11) is -3.91. The molecule has 1 aromatic heterocycles. The number of hydrogen-bond acceptors (Lipinski definition) is 5. The van der Waals surface area contributed by atoms with Crippen LogP contribution in [0.4, 0.5) is 0 Å². The maximum absolute atomic E-state index is 13.0. The molecule has 0 spiro atoms.